The lowest BCUT2D eigenvalue weighted by Crippen LogP contribution is -2.66. The first kappa shape index (κ1) is 13.2. The molecule has 18 heavy (non-hydrogen) atoms. The molecule has 4 nitrogen and oxygen atoms in total. The summed E-state index contributed by atoms with van der Waals surface area (Å²) in [5.74, 6) is -0.0291. The highest BCUT2D eigenvalue weighted by Gasteiger charge is 2.46. The van der Waals surface area contributed by atoms with Crippen LogP contribution in [0.4, 0.5) is 5.69 Å². The monoisotopic (exact) mass is 268 g/mol. The number of rotatable bonds is 2. The number of β-amino-alcohol motifs (C(OH)–C–C–N with tert-alkyl or cyclic N) is 1. The minimum Gasteiger partial charge on any atom is -0.398 e. The first-order chi connectivity index (χ1) is 8.33. The van der Waals surface area contributed by atoms with E-state index < -0.39 is 5.60 Å². The quantitative estimate of drug-likeness (QED) is 0.804. The van der Waals surface area contributed by atoms with Gasteiger partial charge in [-0.15, -0.1) is 0 Å². The number of anilines is 1. The van der Waals surface area contributed by atoms with Crippen molar-refractivity contribution in [3.05, 3.63) is 28.8 Å². The predicted octanol–water partition coefficient (Wildman–Crippen LogP) is 1.77. The molecule has 1 aliphatic heterocycles. The molecule has 1 aromatic carbocycles. The largest absolute Gasteiger partial charge is 0.398 e. The smallest absolute Gasteiger partial charge is 0.256 e. The van der Waals surface area contributed by atoms with E-state index in [-0.39, 0.29) is 11.8 Å². The van der Waals surface area contributed by atoms with Crippen molar-refractivity contribution in [2.75, 3.05) is 18.8 Å². The van der Waals surface area contributed by atoms with E-state index in [9.17, 15) is 9.90 Å². The molecule has 0 aromatic heterocycles. The lowest BCUT2D eigenvalue weighted by molar-refractivity contribution is -0.110. The van der Waals surface area contributed by atoms with Gasteiger partial charge < -0.3 is 15.7 Å². The topological polar surface area (TPSA) is 66.6 Å². The molecule has 0 aliphatic carbocycles. The summed E-state index contributed by atoms with van der Waals surface area (Å²) in [6.07, 6.45) is 0. The van der Waals surface area contributed by atoms with Crippen LogP contribution < -0.4 is 5.73 Å². The fourth-order valence-electron chi connectivity index (χ4n) is 2.02. The SMILES string of the molecule is CC(C)C1(O)CN(C(=O)c2ccc(Cl)cc2N)C1. The van der Waals surface area contributed by atoms with Gasteiger partial charge in [-0.2, -0.15) is 0 Å². The van der Waals surface area contributed by atoms with Crippen molar-refractivity contribution in [2.24, 2.45) is 5.92 Å². The lowest BCUT2D eigenvalue weighted by Gasteiger charge is -2.49. The normalized spacial score (nSPS) is 17.7. The Bertz CT molecular complexity index is 482. The molecule has 0 unspecified atom stereocenters. The standard InChI is InChI=1S/C13H17ClN2O2/c1-8(2)13(18)6-16(7-13)12(17)10-4-3-9(14)5-11(10)15/h3-5,8,18H,6-7,15H2,1-2H3. The van der Waals surface area contributed by atoms with E-state index in [1.165, 1.54) is 0 Å². The number of benzene rings is 1. The third kappa shape index (κ3) is 2.18. The third-order valence-electron chi connectivity index (χ3n) is 3.54. The van der Waals surface area contributed by atoms with Gasteiger partial charge in [0, 0.05) is 10.7 Å². The summed E-state index contributed by atoms with van der Waals surface area (Å²) in [5.41, 5.74) is 5.81. The number of hydrogen-bond acceptors (Lipinski definition) is 3. The van der Waals surface area contributed by atoms with Crippen LogP contribution in [0, 0.1) is 5.92 Å². The van der Waals surface area contributed by atoms with Crippen molar-refractivity contribution in [1.29, 1.82) is 0 Å². The van der Waals surface area contributed by atoms with E-state index in [1.807, 2.05) is 13.8 Å². The molecule has 1 fully saturated rings. The van der Waals surface area contributed by atoms with Gasteiger partial charge in [-0.25, -0.2) is 0 Å². The number of amides is 1. The number of aliphatic hydroxyl groups is 1. The maximum absolute atomic E-state index is 12.2. The van der Waals surface area contributed by atoms with Gasteiger partial charge in [-0.05, 0) is 24.1 Å². The molecule has 0 saturated carbocycles. The highest BCUT2D eigenvalue weighted by Crippen LogP contribution is 2.31. The minimum atomic E-state index is -0.767. The Morgan fingerprint density at radius 2 is 2.11 bits per heavy atom. The van der Waals surface area contributed by atoms with Crippen molar-refractivity contribution in [3.63, 3.8) is 0 Å². The highest BCUT2D eigenvalue weighted by molar-refractivity contribution is 6.31. The number of carbonyl (C=O) groups excluding carboxylic acids is 1. The van der Waals surface area contributed by atoms with E-state index in [1.54, 1.807) is 23.1 Å². The Hall–Kier alpha value is -1.26. The third-order valence-corrected chi connectivity index (χ3v) is 3.77. The minimum absolute atomic E-state index is 0.129. The molecular weight excluding hydrogens is 252 g/mol. The summed E-state index contributed by atoms with van der Waals surface area (Å²) in [4.78, 5) is 13.8. The van der Waals surface area contributed by atoms with Crippen LogP contribution in [0.5, 0.6) is 0 Å². The van der Waals surface area contributed by atoms with Crippen molar-refractivity contribution >= 4 is 23.2 Å². The Morgan fingerprint density at radius 3 is 2.61 bits per heavy atom. The molecule has 0 radical (unpaired) electrons. The van der Waals surface area contributed by atoms with Gasteiger partial charge in [0.05, 0.1) is 18.7 Å². The molecule has 0 bridgehead atoms. The Balaban J connectivity index is 2.11. The zero-order chi connectivity index (χ0) is 13.5. The molecule has 0 atom stereocenters. The molecule has 1 aliphatic rings. The average Bonchev–Trinajstić information content (AvgIpc) is 2.23. The summed E-state index contributed by atoms with van der Waals surface area (Å²) < 4.78 is 0. The van der Waals surface area contributed by atoms with Crippen LogP contribution in [0.3, 0.4) is 0 Å². The van der Waals surface area contributed by atoms with Crippen molar-refractivity contribution in [1.82, 2.24) is 4.90 Å². The summed E-state index contributed by atoms with van der Waals surface area (Å²) in [7, 11) is 0. The van der Waals surface area contributed by atoms with Crippen molar-refractivity contribution < 1.29 is 9.90 Å². The fourth-order valence-corrected chi connectivity index (χ4v) is 2.20. The number of nitrogen functional groups attached to an aromatic ring is 1. The lowest BCUT2D eigenvalue weighted by atomic mass is 9.82. The van der Waals surface area contributed by atoms with Gasteiger partial charge in [0.25, 0.3) is 5.91 Å². The molecule has 1 saturated heterocycles. The van der Waals surface area contributed by atoms with E-state index in [2.05, 4.69) is 0 Å². The summed E-state index contributed by atoms with van der Waals surface area (Å²) in [6.45, 7) is 4.59. The maximum Gasteiger partial charge on any atom is 0.256 e. The molecule has 0 spiro atoms. The number of halogens is 1. The Morgan fingerprint density at radius 1 is 1.50 bits per heavy atom. The van der Waals surface area contributed by atoms with Crippen molar-refractivity contribution in [3.8, 4) is 0 Å². The highest BCUT2D eigenvalue weighted by atomic mass is 35.5. The van der Waals surface area contributed by atoms with Crippen LogP contribution in [-0.2, 0) is 0 Å². The van der Waals surface area contributed by atoms with E-state index in [0.29, 0.717) is 29.4 Å². The second-order valence-corrected chi connectivity index (χ2v) is 5.59. The first-order valence-corrected chi connectivity index (χ1v) is 6.28. The Kier molecular flexibility index (Phi) is 3.25. The summed E-state index contributed by atoms with van der Waals surface area (Å²) in [6, 6.07) is 4.82. The number of nitrogens with zero attached hydrogens (tertiary/aromatic N) is 1. The van der Waals surface area contributed by atoms with E-state index in [0.717, 1.165) is 0 Å². The summed E-state index contributed by atoms with van der Waals surface area (Å²) >= 11 is 5.79. The number of carbonyl (C=O) groups is 1. The molecule has 1 amide bonds. The zero-order valence-electron chi connectivity index (χ0n) is 10.5. The maximum atomic E-state index is 12.2. The van der Waals surface area contributed by atoms with E-state index in [4.69, 9.17) is 17.3 Å². The molecule has 3 N–H and O–H groups in total. The van der Waals surface area contributed by atoms with Gasteiger partial charge in [0.1, 0.15) is 5.60 Å². The molecule has 1 aromatic rings. The van der Waals surface area contributed by atoms with Gasteiger partial charge in [-0.3, -0.25) is 4.79 Å². The second kappa shape index (κ2) is 4.44. The first-order valence-electron chi connectivity index (χ1n) is 5.90. The van der Waals surface area contributed by atoms with Crippen LogP contribution in [0.25, 0.3) is 0 Å². The van der Waals surface area contributed by atoms with Gasteiger partial charge in [0.2, 0.25) is 0 Å². The van der Waals surface area contributed by atoms with Gasteiger partial charge in [0.15, 0.2) is 0 Å². The molecular formula is C13H17ClN2O2. The Labute approximate surface area is 111 Å². The van der Waals surface area contributed by atoms with Crippen LogP contribution in [0.2, 0.25) is 5.02 Å². The number of nitrogens with two attached hydrogens (primary N) is 1. The van der Waals surface area contributed by atoms with Crippen molar-refractivity contribution in [2.45, 2.75) is 19.4 Å². The van der Waals surface area contributed by atoms with Crippen LogP contribution >= 0.6 is 11.6 Å². The number of likely N-dealkylation sites (tertiary alicyclic amines) is 1. The molecule has 5 heteroatoms. The second-order valence-electron chi connectivity index (χ2n) is 5.15. The zero-order valence-corrected chi connectivity index (χ0v) is 11.2. The summed E-state index contributed by atoms with van der Waals surface area (Å²) in [5, 5.41) is 10.6. The van der Waals surface area contributed by atoms with E-state index >= 15 is 0 Å². The fraction of sp³-hybridized carbons (Fsp3) is 0.462. The van der Waals surface area contributed by atoms with Crippen LogP contribution in [0.15, 0.2) is 18.2 Å². The molecule has 1 heterocycles. The van der Waals surface area contributed by atoms with Crippen LogP contribution in [-0.4, -0.2) is 34.6 Å². The number of hydrogen-bond donors (Lipinski definition) is 2. The molecule has 2 rings (SSSR count). The van der Waals surface area contributed by atoms with Gasteiger partial charge in [-0.1, -0.05) is 25.4 Å². The van der Waals surface area contributed by atoms with Gasteiger partial charge >= 0.3 is 0 Å². The van der Waals surface area contributed by atoms with Crippen LogP contribution in [0.1, 0.15) is 24.2 Å². The predicted molar refractivity (Wildman–Crippen MR) is 71.6 cm³/mol. The molecule has 98 valence electrons. The average molecular weight is 269 g/mol.